The maximum atomic E-state index is 13.0. The summed E-state index contributed by atoms with van der Waals surface area (Å²) in [6.07, 6.45) is -8.74. The number of carbonyl (C=O) groups excluding carboxylic acids is 1. The van der Waals surface area contributed by atoms with Gasteiger partial charge in [0, 0.05) is 0 Å². The second-order valence-electron chi connectivity index (χ2n) is 5.52. The molecule has 0 saturated heterocycles. The van der Waals surface area contributed by atoms with Crippen LogP contribution in [0.4, 0.5) is 13.2 Å². The standard InChI is InChI=1S/C14H13B4F3O5S/c15-2-7-1-8(10(4-17)11(5-18)9(7)3-16)13(22)26-12(14(19,20)21)6-27(23,24)25/h1,12H,2-6H2,(H,23,24,25). The fourth-order valence-electron chi connectivity index (χ4n) is 2.56. The molecule has 0 spiro atoms. The van der Waals surface area contributed by atoms with E-state index in [2.05, 4.69) is 4.74 Å². The minimum atomic E-state index is -5.22. The summed E-state index contributed by atoms with van der Waals surface area (Å²) in [7, 11) is 17.4. The third-order valence-corrected chi connectivity index (χ3v) is 4.51. The summed E-state index contributed by atoms with van der Waals surface area (Å²) in [5, 5.41) is 0. The van der Waals surface area contributed by atoms with E-state index in [4.69, 9.17) is 35.9 Å². The first kappa shape index (κ1) is 23.7. The summed E-state index contributed by atoms with van der Waals surface area (Å²) in [4.78, 5) is 12.3. The van der Waals surface area contributed by atoms with Crippen LogP contribution >= 0.6 is 0 Å². The van der Waals surface area contributed by atoms with Crippen LogP contribution in [-0.4, -0.2) is 68.4 Å². The molecule has 1 N–H and O–H groups in total. The van der Waals surface area contributed by atoms with Crippen molar-refractivity contribution in [3.05, 3.63) is 33.9 Å². The summed E-state index contributed by atoms with van der Waals surface area (Å²) < 4.78 is 73.6. The van der Waals surface area contributed by atoms with Gasteiger partial charge in [-0.15, -0.1) is 0 Å². The zero-order valence-corrected chi connectivity index (χ0v) is 14.9. The van der Waals surface area contributed by atoms with E-state index < -0.39 is 34.1 Å². The average Bonchev–Trinajstić information content (AvgIpc) is 2.56. The van der Waals surface area contributed by atoms with Crippen molar-refractivity contribution in [2.45, 2.75) is 37.6 Å². The van der Waals surface area contributed by atoms with Gasteiger partial charge in [0.1, 0.15) is 5.75 Å². The Morgan fingerprint density at radius 2 is 1.56 bits per heavy atom. The van der Waals surface area contributed by atoms with Gasteiger partial charge in [-0.1, -0.05) is 42.0 Å². The van der Waals surface area contributed by atoms with Gasteiger partial charge in [-0.2, -0.15) is 21.6 Å². The third-order valence-electron chi connectivity index (χ3n) is 3.79. The number of hydrogen-bond acceptors (Lipinski definition) is 4. The summed E-state index contributed by atoms with van der Waals surface area (Å²) in [5.74, 6) is -3.32. The van der Waals surface area contributed by atoms with Crippen LogP contribution in [0.15, 0.2) is 6.07 Å². The molecule has 0 aromatic heterocycles. The van der Waals surface area contributed by atoms with Crippen LogP contribution in [0.25, 0.3) is 0 Å². The van der Waals surface area contributed by atoms with E-state index in [9.17, 15) is 26.4 Å². The molecule has 1 aromatic carbocycles. The normalized spacial score (nSPS) is 13.3. The van der Waals surface area contributed by atoms with Crippen LogP contribution in [0.1, 0.15) is 32.6 Å². The number of carbonyl (C=O) groups is 1. The lowest BCUT2D eigenvalue weighted by Crippen LogP contribution is -2.39. The van der Waals surface area contributed by atoms with E-state index in [0.29, 0.717) is 16.7 Å². The lowest BCUT2D eigenvalue weighted by Gasteiger charge is -2.23. The summed E-state index contributed by atoms with van der Waals surface area (Å²) in [6.45, 7) is 0. The largest absolute Gasteiger partial charge is 0.448 e. The van der Waals surface area contributed by atoms with Crippen molar-refractivity contribution in [1.82, 2.24) is 0 Å². The van der Waals surface area contributed by atoms with Gasteiger partial charge in [0.05, 0.1) is 36.9 Å². The Bertz CT molecular complexity index is 799. The predicted molar refractivity (Wildman–Crippen MR) is 95.9 cm³/mol. The molecule has 138 valence electrons. The smallest absolute Gasteiger partial charge is 0.426 e. The molecule has 13 heteroatoms. The summed E-state index contributed by atoms with van der Waals surface area (Å²) >= 11 is 0. The molecule has 1 aromatic rings. The molecule has 1 atom stereocenters. The Hall–Kier alpha value is -1.35. The number of alkyl halides is 3. The van der Waals surface area contributed by atoms with Crippen LogP contribution in [0.2, 0.25) is 0 Å². The topological polar surface area (TPSA) is 80.7 Å². The molecule has 0 saturated carbocycles. The summed E-state index contributed by atoms with van der Waals surface area (Å²) in [5.41, 5.74) is 1.02. The van der Waals surface area contributed by atoms with E-state index >= 15 is 0 Å². The van der Waals surface area contributed by atoms with Crippen molar-refractivity contribution in [3.63, 3.8) is 0 Å². The molecular weight excluding hydrogens is 380 g/mol. The maximum absolute atomic E-state index is 13.0. The average molecular weight is 394 g/mol. The van der Waals surface area contributed by atoms with Crippen LogP contribution < -0.4 is 0 Å². The molecule has 0 aliphatic carbocycles. The highest BCUT2D eigenvalue weighted by Gasteiger charge is 2.45. The third kappa shape index (κ3) is 6.07. The highest BCUT2D eigenvalue weighted by Crippen LogP contribution is 2.28. The van der Waals surface area contributed by atoms with Gasteiger partial charge in [0.2, 0.25) is 6.10 Å². The first-order chi connectivity index (χ1) is 12.4. The SMILES string of the molecule is [B]Cc1cc(C(=O)OC(CS(=O)(=O)O)C(F)(F)F)c(C[B])c(C[B])c1C[B]. The molecule has 0 aliphatic rings. The van der Waals surface area contributed by atoms with E-state index in [1.807, 2.05) is 0 Å². The second-order valence-corrected chi connectivity index (χ2v) is 7.02. The van der Waals surface area contributed by atoms with Crippen molar-refractivity contribution in [2.24, 2.45) is 0 Å². The summed E-state index contributed by atoms with van der Waals surface area (Å²) in [6, 6.07) is 1.19. The highest BCUT2D eigenvalue weighted by molar-refractivity contribution is 7.85. The van der Waals surface area contributed by atoms with Gasteiger partial charge in [-0.25, -0.2) is 4.79 Å². The number of ether oxygens (including phenoxy) is 1. The number of rotatable bonds is 8. The van der Waals surface area contributed by atoms with Gasteiger partial charge in [0.15, 0.2) is 0 Å². The Morgan fingerprint density at radius 1 is 1.04 bits per heavy atom. The van der Waals surface area contributed by atoms with E-state index in [-0.39, 0.29) is 36.4 Å². The zero-order chi connectivity index (χ0) is 21.0. The van der Waals surface area contributed by atoms with Crippen molar-refractivity contribution < 1.29 is 35.7 Å². The molecule has 0 fully saturated rings. The molecular formula is C14H13B4F3O5S. The van der Waals surface area contributed by atoms with E-state index in [1.165, 1.54) is 6.07 Å². The number of halogens is 3. The van der Waals surface area contributed by atoms with Crippen LogP contribution in [0.5, 0.6) is 0 Å². The fourth-order valence-corrected chi connectivity index (χ4v) is 3.20. The number of hydrogen-bond donors (Lipinski definition) is 1. The van der Waals surface area contributed by atoms with Crippen molar-refractivity contribution in [2.75, 3.05) is 5.75 Å². The molecule has 0 amide bonds. The first-order valence-electron chi connectivity index (χ1n) is 7.59. The van der Waals surface area contributed by atoms with Gasteiger partial charge in [-0.3, -0.25) is 4.55 Å². The highest BCUT2D eigenvalue weighted by atomic mass is 32.2. The lowest BCUT2D eigenvalue weighted by molar-refractivity contribution is -0.197. The molecule has 0 heterocycles. The van der Waals surface area contributed by atoms with Crippen LogP contribution in [0.3, 0.4) is 0 Å². The van der Waals surface area contributed by atoms with Crippen molar-refractivity contribution >= 4 is 47.5 Å². The first-order valence-corrected chi connectivity index (χ1v) is 9.20. The maximum Gasteiger partial charge on any atom is 0.426 e. The Kier molecular flexibility index (Phi) is 8.10. The van der Waals surface area contributed by atoms with Crippen LogP contribution in [0, 0.1) is 0 Å². The Morgan fingerprint density at radius 3 is 1.93 bits per heavy atom. The monoisotopic (exact) mass is 394 g/mol. The second kappa shape index (κ2) is 9.23. The minimum absolute atomic E-state index is 0.00925. The Balaban J connectivity index is 3.44. The lowest BCUT2D eigenvalue weighted by atomic mass is 9.74. The predicted octanol–water partition coefficient (Wildman–Crippen LogP) is 0.336. The number of benzene rings is 1. The minimum Gasteiger partial charge on any atom is -0.448 e. The van der Waals surface area contributed by atoms with E-state index in [0.717, 1.165) is 0 Å². The van der Waals surface area contributed by atoms with Crippen molar-refractivity contribution in [3.8, 4) is 0 Å². The van der Waals surface area contributed by atoms with Crippen molar-refractivity contribution in [1.29, 1.82) is 0 Å². The van der Waals surface area contributed by atoms with Gasteiger partial charge >= 0.3 is 12.1 Å². The molecule has 1 unspecified atom stereocenters. The fraction of sp³-hybridized carbons (Fsp3) is 0.500. The molecule has 1 rings (SSSR count). The Labute approximate surface area is 160 Å². The van der Waals surface area contributed by atoms with E-state index in [1.54, 1.807) is 0 Å². The molecule has 27 heavy (non-hydrogen) atoms. The number of esters is 1. The molecule has 8 radical (unpaired) electrons. The van der Waals surface area contributed by atoms with Gasteiger partial charge < -0.3 is 4.74 Å². The molecule has 0 aliphatic heterocycles. The zero-order valence-electron chi connectivity index (χ0n) is 14.1. The quantitative estimate of drug-likeness (QED) is 0.391. The molecule has 0 bridgehead atoms. The van der Waals surface area contributed by atoms with Gasteiger partial charge in [-0.05, 0) is 11.6 Å². The molecule has 5 nitrogen and oxygen atoms in total. The van der Waals surface area contributed by atoms with Gasteiger partial charge in [0.25, 0.3) is 10.1 Å². The van der Waals surface area contributed by atoms with Crippen LogP contribution in [-0.2, 0) is 40.1 Å².